The molecular weight excluding hydrogens is 98.0 g/mol. The highest BCUT2D eigenvalue weighted by molar-refractivity contribution is 3.92. The molecule has 0 aromatic carbocycles. The molecule has 0 heterocycles. The average Bonchev–Trinajstić information content (AvgIpc) is 1.75. The van der Waals surface area contributed by atoms with Gasteiger partial charge in [-0.05, 0) is 0 Å². The Hall–Kier alpha value is -0.280. The Balaban J connectivity index is 0. The predicted octanol–water partition coefficient (Wildman–Crippen LogP) is -3.85. The largest absolute Gasteiger partial charge is 0.274 e. The van der Waals surface area contributed by atoms with E-state index < -0.39 is 0 Å². The van der Waals surface area contributed by atoms with Crippen molar-refractivity contribution < 1.29 is 0 Å². The quantitative estimate of drug-likeness (QED) is 0.142. The van der Waals surface area contributed by atoms with Crippen LogP contribution < -0.4 is 40.0 Å². The Bertz CT molecular complexity index is 7.51. The second-order valence-electron chi connectivity index (χ2n) is 0.414. The van der Waals surface area contributed by atoms with Crippen molar-refractivity contribution in [2.75, 3.05) is 0 Å². The topological polar surface area (TPSA) is 140 Å². The Morgan fingerprint density at radius 1 is 0.857 bits per heavy atom. The van der Waals surface area contributed by atoms with Crippen LogP contribution in [-0.2, 0) is 0 Å². The fourth-order valence-corrected chi connectivity index (χ4v) is 0.0417. The molecule has 0 aliphatic carbocycles. The van der Waals surface area contributed by atoms with E-state index in [4.69, 9.17) is 0 Å². The molecule has 46 valence electrons. The van der Waals surface area contributed by atoms with E-state index in [0.717, 1.165) is 0 Å². The van der Waals surface area contributed by atoms with Gasteiger partial charge in [-0.1, -0.05) is 0 Å². The van der Waals surface area contributed by atoms with Crippen LogP contribution in [0.25, 0.3) is 0 Å². The molecule has 0 spiro atoms. The molecule has 0 radical (unpaired) electrons. The first-order valence-corrected chi connectivity index (χ1v) is 1.41. The van der Waals surface area contributed by atoms with Crippen molar-refractivity contribution in [1.82, 2.24) is 16.6 Å². The lowest BCUT2D eigenvalue weighted by Crippen LogP contribution is -2.50. The van der Waals surface area contributed by atoms with Crippen LogP contribution in [0, 0.1) is 0 Å². The van der Waals surface area contributed by atoms with E-state index in [1.807, 2.05) is 11.1 Å². The van der Waals surface area contributed by atoms with Gasteiger partial charge in [0.15, 0.2) is 0 Å². The SMILES string of the molecule is NN.NNNNN. The van der Waals surface area contributed by atoms with Gasteiger partial charge in [-0.25, -0.2) is 0 Å². The molecule has 0 aromatic heterocycles. The zero-order chi connectivity index (χ0) is 6.12. The van der Waals surface area contributed by atoms with Crippen molar-refractivity contribution >= 4 is 0 Å². The lowest BCUT2D eigenvalue weighted by atomic mass is 12.3. The van der Waals surface area contributed by atoms with Crippen LogP contribution in [0.1, 0.15) is 0 Å². The standard InChI is InChI=1S/H7N5.H4N2/c1-3-5-4-2;1-2/h3-5H,1-2H2;1-2H2. The maximum atomic E-state index is 4.64. The zero-order valence-electron chi connectivity index (χ0n) is 3.81. The maximum Gasteiger partial charge on any atom is -0.167 e. The van der Waals surface area contributed by atoms with Crippen LogP contribution in [0.3, 0.4) is 0 Å². The number of nitrogens with two attached hydrogens (primary N) is 4. The monoisotopic (exact) mass is 109 g/mol. The van der Waals surface area contributed by atoms with Gasteiger partial charge in [0, 0.05) is 0 Å². The molecule has 7 heavy (non-hydrogen) atoms. The van der Waals surface area contributed by atoms with Crippen molar-refractivity contribution in [2.45, 2.75) is 0 Å². The molecule has 0 saturated heterocycles. The summed E-state index contributed by atoms with van der Waals surface area (Å²) in [4.78, 5) is 0. The van der Waals surface area contributed by atoms with Crippen molar-refractivity contribution in [3.8, 4) is 0 Å². The second-order valence-corrected chi connectivity index (χ2v) is 0.414. The Kier molecular flexibility index (Phi) is 24.3. The molecule has 7 heteroatoms. The van der Waals surface area contributed by atoms with Crippen molar-refractivity contribution in [3.05, 3.63) is 0 Å². The third kappa shape index (κ3) is 26.8. The highest BCUT2D eigenvalue weighted by atomic mass is 15.7. The molecule has 11 N–H and O–H groups in total. The Morgan fingerprint density at radius 3 is 1.14 bits per heavy atom. The number of hydrogen-bond acceptors (Lipinski definition) is 7. The highest BCUT2D eigenvalue weighted by Gasteiger charge is 1.55. The minimum atomic E-state index is 2.03. The summed E-state index contributed by atoms with van der Waals surface area (Å²) < 4.78 is 0. The number of hydrogen-bond donors (Lipinski definition) is 7. The molecule has 0 amide bonds. The number of rotatable bonds is 2. The van der Waals surface area contributed by atoms with Gasteiger partial charge in [0.05, 0.1) is 0 Å². The Morgan fingerprint density at radius 2 is 1.14 bits per heavy atom. The van der Waals surface area contributed by atoms with E-state index in [2.05, 4.69) is 28.9 Å². The molecule has 0 aliphatic rings. The first-order chi connectivity index (χ1) is 3.41. The average molecular weight is 109 g/mol. The van der Waals surface area contributed by atoms with Gasteiger partial charge in [-0.2, -0.15) is 16.6 Å². The summed E-state index contributed by atoms with van der Waals surface area (Å²) in [5, 5.41) is 0. The van der Waals surface area contributed by atoms with Gasteiger partial charge in [-0.3, -0.25) is 23.4 Å². The molecule has 0 bridgehead atoms. The number of nitrogens with one attached hydrogen (secondary N) is 3. The van der Waals surface area contributed by atoms with Crippen LogP contribution in [0.2, 0.25) is 0 Å². The predicted molar refractivity (Wildman–Crippen MR) is 26.2 cm³/mol. The summed E-state index contributed by atoms with van der Waals surface area (Å²) in [5.41, 5.74) is 6.23. The third-order valence-electron chi connectivity index (χ3n) is 0.144. The molecule has 0 fully saturated rings. The molecule has 7 nitrogen and oxygen atoms in total. The van der Waals surface area contributed by atoms with E-state index in [9.17, 15) is 0 Å². The summed E-state index contributed by atoms with van der Waals surface area (Å²) in [7, 11) is 0. The molecule has 0 atom stereocenters. The van der Waals surface area contributed by atoms with E-state index in [1.54, 1.807) is 0 Å². The molecular formula is H11N7. The molecule has 0 aromatic rings. The molecule has 0 unspecified atom stereocenters. The van der Waals surface area contributed by atoms with Crippen LogP contribution in [0.15, 0.2) is 0 Å². The highest BCUT2D eigenvalue weighted by Crippen LogP contribution is 0.979. The Labute approximate surface area is 41.2 Å². The smallest absolute Gasteiger partial charge is 0.167 e. The minimum Gasteiger partial charge on any atom is -0.274 e. The molecule has 0 aliphatic heterocycles. The summed E-state index contributed by atoms with van der Waals surface area (Å²) in [6.45, 7) is 0. The fourth-order valence-electron chi connectivity index (χ4n) is 0.0417. The van der Waals surface area contributed by atoms with Gasteiger partial charge >= 0.3 is 0 Å². The first-order valence-electron chi connectivity index (χ1n) is 1.41. The maximum absolute atomic E-state index is 4.64. The fraction of sp³-hybridized carbons (Fsp3) is 0. The van der Waals surface area contributed by atoms with Crippen LogP contribution in [-0.4, -0.2) is 0 Å². The van der Waals surface area contributed by atoms with E-state index in [0.29, 0.717) is 0 Å². The summed E-state index contributed by atoms with van der Waals surface area (Å²) in [5.74, 6) is 17.3. The normalized spacial score (nSPS) is 6.86. The van der Waals surface area contributed by atoms with Crippen LogP contribution in [0.5, 0.6) is 0 Å². The lowest BCUT2D eigenvalue weighted by Gasteiger charge is -1.92. The van der Waals surface area contributed by atoms with Gasteiger partial charge in [-0.15, -0.1) is 0 Å². The van der Waals surface area contributed by atoms with Crippen molar-refractivity contribution in [3.63, 3.8) is 0 Å². The summed E-state index contributed by atoms with van der Waals surface area (Å²) >= 11 is 0. The second kappa shape index (κ2) is 17.2. The van der Waals surface area contributed by atoms with Crippen molar-refractivity contribution in [1.29, 1.82) is 0 Å². The van der Waals surface area contributed by atoms with Gasteiger partial charge in [0.1, 0.15) is 0 Å². The first kappa shape index (κ1) is 9.87. The lowest BCUT2D eigenvalue weighted by molar-refractivity contribution is 0.456. The third-order valence-corrected chi connectivity index (χ3v) is 0.144. The summed E-state index contributed by atoms with van der Waals surface area (Å²) in [6, 6.07) is 0. The summed E-state index contributed by atoms with van der Waals surface area (Å²) in [6.07, 6.45) is 0. The van der Waals surface area contributed by atoms with E-state index in [1.165, 1.54) is 0 Å². The van der Waals surface area contributed by atoms with Gasteiger partial charge in [0.2, 0.25) is 0 Å². The van der Waals surface area contributed by atoms with E-state index in [-0.39, 0.29) is 0 Å². The minimum absolute atomic E-state index is 2.03. The van der Waals surface area contributed by atoms with Crippen LogP contribution >= 0.6 is 0 Å². The van der Waals surface area contributed by atoms with E-state index >= 15 is 0 Å². The van der Waals surface area contributed by atoms with Gasteiger partial charge < -0.3 is 0 Å². The zero-order valence-corrected chi connectivity index (χ0v) is 3.81. The number of hydrazine groups is 5. The molecule has 0 rings (SSSR count). The van der Waals surface area contributed by atoms with Crippen molar-refractivity contribution in [2.24, 2.45) is 23.4 Å². The van der Waals surface area contributed by atoms with Crippen LogP contribution in [0.4, 0.5) is 0 Å². The molecule has 0 saturated carbocycles. The van der Waals surface area contributed by atoms with Gasteiger partial charge in [0.25, 0.3) is 0 Å².